The molecule has 0 radical (unpaired) electrons. The van der Waals surface area contributed by atoms with Gasteiger partial charge in [0.2, 0.25) is 10.0 Å². The van der Waals surface area contributed by atoms with Gasteiger partial charge in [0.1, 0.15) is 5.82 Å². The van der Waals surface area contributed by atoms with E-state index in [0.29, 0.717) is 24.2 Å². The second-order valence-corrected chi connectivity index (χ2v) is 6.53. The van der Waals surface area contributed by atoms with Gasteiger partial charge < -0.3 is 5.73 Å². The topological polar surface area (TPSA) is 63.4 Å². The predicted octanol–water partition coefficient (Wildman–Crippen LogP) is 1.81. The van der Waals surface area contributed by atoms with Crippen molar-refractivity contribution in [2.24, 2.45) is 0 Å². The molecule has 4 nitrogen and oxygen atoms in total. The van der Waals surface area contributed by atoms with Gasteiger partial charge >= 0.3 is 0 Å². The van der Waals surface area contributed by atoms with Gasteiger partial charge in [-0.3, -0.25) is 0 Å². The third kappa shape index (κ3) is 1.99. The smallest absolute Gasteiger partial charge is 0.243 e. The van der Waals surface area contributed by atoms with Crippen LogP contribution in [0.2, 0.25) is 0 Å². The number of sulfonamides is 1. The molecule has 1 aliphatic rings. The number of aryl methyl sites for hydroxylation is 1. The molecule has 0 aromatic heterocycles. The Bertz CT molecular complexity index is 578. The molecular formula is C12H17FN2O2S. The van der Waals surface area contributed by atoms with Gasteiger partial charge in [-0.05, 0) is 43.9 Å². The molecule has 1 aromatic carbocycles. The van der Waals surface area contributed by atoms with Gasteiger partial charge in [0, 0.05) is 13.1 Å². The average Bonchev–Trinajstić information content (AvgIpc) is 2.79. The van der Waals surface area contributed by atoms with Crippen molar-refractivity contribution >= 4 is 15.7 Å². The summed E-state index contributed by atoms with van der Waals surface area (Å²) in [5.41, 5.74) is 6.22. The van der Waals surface area contributed by atoms with E-state index >= 15 is 0 Å². The molecule has 0 atom stereocenters. The van der Waals surface area contributed by atoms with E-state index in [1.54, 1.807) is 13.8 Å². The van der Waals surface area contributed by atoms with Gasteiger partial charge in [-0.25, -0.2) is 12.8 Å². The lowest BCUT2D eigenvalue weighted by atomic mass is 10.1. The van der Waals surface area contributed by atoms with Crippen LogP contribution < -0.4 is 5.73 Å². The highest BCUT2D eigenvalue weighted by molar-refractivity contribution is 7.89. The maximum atomic E-state index is 13.5. The Morgan fingerprint density at radius 2 is 1.83 bits per heavy atom. The molecule has 2 rings (SSSR count). The number of nitrogens with zero attached hydrogens (tertiary/aromatic N) is 1. The van der Waals surface area contributed by atoms with Crippen molar-refractivity contribution in [3.8, 4) is 0 Å². The zero-order valence-corrected chi connectivity index (χ0v) is 11.3. The maximum Gasteiger partial charge on any atom is 0.243 e. The maximum absolute atomic E-state index is 13.5. The van der Waals surface area contributed by atoms with Gasteiger partial charge in [0.05, 0.1) is 10.6 Å². The van der Waals surface area contributed by atoms with Crippen molar-refractivity contribution < 1.29 is 12.8 Å². The van der Waals surface area contributed by atoms with Crippen LogP contribution in [0, 0.1) is 19.7 Å². The molecule has 1 aromatic rings. The van der Waals surface area contributed by atoms with Crippen molar-refractivity contribution in [2.75, 3.05) is 18.8 Å². The highest BCUT2D eigenvalue weighted by Gasteiger charge is 2.31. The largest absolute Gasteiger partial charge is 0.396 e. The minimum Gasteiger partial charge on any atom is -0.396 e. The van der Waals surface area contributed by atoms with E-state index in [1.165, 1.54) is 10.4 Å². The van der Waals surface area contributed by atoms with Gasteiger partial charge in [-0.15, -0.1) is 0 Å². The first kappa shape index (κ1) is 13.3. The van der Waals surface area contributed by atoms with Crippen LogP contribution >= 0.6 is 0 Å². The standard InChI is InChI=1S/C12H17FN2O2S/c1-8-7-10(13)11(14)9(2)12(8)18(16,17)15-5-3-4-6-15/h7H,3-6,14H2,1-2H3. The number of nitrogens with two attached hydrogens (primary N) is 1. The summed E-state index contributed by atoms with van der Waals surface area (Å²) in [5, 5.41) is 0. The SMILES string of the molecule is Cc1cc(F)c(N)c(C)c1S(=O)(=O)N1CCCC1. The summed E-state index contributed by atoms with van der Waals surface area (Å²) in [6.45, 7) is 4.20. The lowest BCUT2D eigenvalue weighted by molar-refractivity contribution is 0.476. The Kier molecular flexibility index (Phi) is 3.33. The van der Waals surface area contributed by atoms with E-state index in [2.05, 4.69) is 0 Å². The van der Waals surface area contributed by atoms with Crippen molar-refractivity contribution in [3.63, 3.8) is 0 Å². The van der Waals surface area contributed by atoms with Gasteiger partial charge in [-0.2, -0.15) is 4.31 Å². The zero-order valence-electron chi connectivity index (χ0n) is 10.5. The molecule has 2 N–H and O–H groups in total. The highest BCUT2D eigenvalue weighted by Crippen LogP contribution is 2.31. The lowest BCUT2D eigenvalue weighted by Crippen LogP contribution is -2.29. The van der Waals surface area contributed by atoms with Gasteiger partial charge in [0.15, 0.2) is 0 Å². The number of hydrogen-bond donors (Lipinski definition) is 1. The van der Waals surface area contributed by atoms with E-state index < -0.39 is 15.8 Å². The third-order valence-electron chi connectivity index (χ3n) is 3.37. The Balaban J connectivity index is 2.61. The molecule has 6 heteroatoms. The summed E-state index contributed by atoms with van der Waals surface area (Å²) < 4.78 is 39.9. The normalized spacial score (nSPS) is 17.3. The van der Waals surface area contributed by atoms with Crippen LogP contribution in [0.25, 0.3) is 0 Å². The van der Waals surface area contributed by atoms with Crippen molar-refractivity contribution in [1.82, 2.24) is 4.31 Å². The molecule has 1 aliphatic heterocycles. The molecule has 0 spiro atoms. The van der Waals surface area contributed by atoms with Gasteiger partial charge in [-0.1, -0.05) is 0 Å². The molecule has 1 heterocycles. The van der Waals surface area contributed by atoms with Crippen LogP contribution in [0.4, 0.5) is 10.1 Å². The Hall–Kier alpha value is -1.14. The minimum absolute atomic E-state index is 0.0848. The number of nitrogen functional groups attached to an aromatic ring is 1. The number of benzene rings is 1. The number of hydrogen-bond acceptors (Lipinski definition) is 3. The first-order chi connectivity index (χ1) is 8.35. The monoisotopic (exact) mass is 272 g/mol. The van der Waals surface area contributed by atoms with Crippen LogP contribution in [0.15, 0.2) is 11.0 Å². The molecule has 1 fully saturated rings. The fourth-order valence-corrected chi connectivity index (χ4v) is 4.34. The van der Waals surface area contributed by atoms with Crippen LogP contribution in [0.5, 0.6) is 0 Å². The molecule has 18 heavy (non-hydrogen) atoms. The number of anilines is 1. The first-order valence-electron chi connectivity index (χ1n) is 5.91. The molecule has 1 saturated heterocycles. The Labute approximate surface area is 107 Å². The number of halogens is 1. The van der Waals surface area contributed by atoms with E-state index in [0.717, 1.165) is 12.8 Å². The zero-order chi connectivity index (χ0) is 13.5. The summed E-state index contributed by atoms with van der Waals surface area (Å²) in [7, 11) is -3.55. The Morgan fingerprint density at radius 1 is 1.28 bits per heavy atom. The van der Waals surface area contributed by atoms with Gasteiger partial charge in [0.25, 0.3) is 0 Å². The average molecular weight is 272 g/mol. The molecule has 100 valence electrons. The number of rotatable bonds is 2. The van der Waals surface area contributed by atoms with E-state index in [1.807, 2.05) is 0 Å². The molecule has 0 aliphatic carbocycles. The first-order valence-corrected chi connectivity index (χ1v) is 7.35. The fraction of sp³-hybridized carbons (Fsp3) is 0.500. The molecule has 0 saturated carbocycles. The molecule has 0 amide bonds. The summed E-state index contributed by atoms with van der Waals surface area (Å²) >= 11 is 0. The van der Waals surface area contributed by atoms with Crippen molar-refractivity contribution in [3.05, 3.63) is 23.0 Å². The summed E-state index contributed by atoms with van der Waals surface area (Å²) in [5.74, 6) is -0.564. The van der Waals surface area contributed by atoms with Crippen molar-refractivity contribution in [1.29, 1.82) is 0 Å². The van der Waals surface area contributed by atoms with Crippen LogP contribution in [0.3, 0.4) is 0 Å². The lowest BCUT2D eigenvalue weighted by Gasteiger charge is -2.20. The predicted molar refractivity (Wildman–Crippen MR) is 68.3 cm³/mol. The minimum atomic E-state index is -3.55. The van der Waals surface area contributed by atoms with E-state index in [4.69, 9.17) is 5.73 Å². The fourth-order valence-electron chi connectivity index (χ4n) is 2.39. The third-order valence-corrected chi connectivity index (χ3v) is 5.56. The van der Waals surface area contributed by atoms with Crippen LogP contribution in [0.1, 0.15) is 24.0 Å². The molecule has 0 unspecified atom stereocenters. The summed E-state index contributed by atoms with van der Waals surface area (Å²) in [6.07, 6.45) is 1.74. The second-order valence-electron chi connectivity index (χ2n) is 4.65. The van der Waals surface area contributed by atoms with Crippen molar-refractivity contribution in [2.45, 2.75) is 31.6 Å². The van der Waals surface area contributed by atoms with E-state index in [-0.39, 0.29) is 10.6 Å². The quantitative estimate of drug-likeness (QED) is 0.835. The van der Waals surface area contributed by atoms with Crippen LogP contribution in [-0.4, -0.2) is 25.8 Å². The van der Waals surface area contributed by atoms with E-state index in [9.17, 15) is 12.8 Å². The second kappa shape index (κ2) is 4.51. The molecular weight excluding hydrogens is 255 g/mol. The highest BCUT2D eigenvalue weighted by atomic mass is 32.2. The Morgan fingerprint density at radius 3 is 2.39 bits per heavy atom. The summed E-state index contributed by atoms with van der Waals surface area (Å²) in [6, 6.07) is 1.19. The summed E-state index contributed by atoms with van der Waals surface area (Å²) in [4.78, 5) is 0.156. The van der Waals surface area contributed by atoms with Crippen LogP contribution in [-0.2, 0) is 10.0 Å². The molecule has 0 bridgehead atoms.